The van der Waals surface area contributed by atoms with Crippen LogP contribution in [0.1, 0.15) is 153 Å². The normalized spacial score (nSPS) is 23.8. The Morgan fingerprint density at radius 1 is 0.509 bits per heavy atom. The monoisotopic (exact) mass is 836 g/mol. The van der Waals surface area contributed by atoms with Gasteiger partial charge in [-0.2, -0.15) is 35.3 Å². The van der Waals surface area contributed by atoms with Gasteiger partial charge in [-0.25, -0.2) is 0 Å². The largest absolute Gasteiger partial charge is 0.432 e. The van der Waals surface area contributed by atoms with Crippen LogP contribution in [-0.4, -0.2) is 31.5 Å². The highest BCUT2D eigenvalue weighted by atomic mass is 32.5. The molecule has 0 saturated carbocycles. The Morgan fingerprint density at radius 3 is 1.53 bits per heavy atom. The van der Waals surface area contributed by atoms with Crippen molar-refractivity contribution in [1.29, 1.82) is 0 Å². The maximum atomic E-state index is 6.72. The number of thioether (sulfide) groups is 3. The highest BCUT2D eigenvalue weighted by molar-refractivity contribution is 8.13. The predicted molar refractivity (Wildman–Crippen MR) is 251 cm³/mol. The Balaban J connectivity index is 0.903. The van der Waals surface area contributed by atoms with Crippen molar-refractivity contribution >= 4 is 58.9 Å². The molecule has 4 fully saturated rings. The minimum absolute atomic E-state index is 0.811. The molecular formula is C48H69O2PS4. The van der Waals surface area contributed by atoms with Gasteiger partial charge >= 0.3 is 6.49 Å². The Bertz CT molecular complexity index is 1580. The quantitative estimate of drug-likeness (QED) is 0.0409. The van der Waals surface area contributed by atoms with E-state index in [0.29, 0.717) is 0 Å². The molecule has 3 aromatic carbocycles. The van der Waals surface area contributed by atoms with E-state index in [1.807, 2.05) is 30.3 Å². The third kappa shape index (κ3) is 14.3. The summed E-state index contributed by atoms with van der Waals surface area (Å²) in [6.45, 7) is 1.80. The second-order valence-corrected chi connectivity index (χ2v) is 24.2. The van der Waals surface area contributed by atoms with E-state index in [1.54, 1.807) is 0 Å². The Morgan fingerprint density at radius 2 is 0.982 bits per heavy atom. The van der Waals surface area contributed by atoms with Gasteiger partial charge < -0.3 is 9.05 Å². The first kappa shape index (κ1) is 43.5. The third-order valence-electron chi connectivity index (χ3n) is 11.8. The van der Waals surface area contributed by atoms with Crippen LogP contribution in [0.15, 0.2) is 78.9 Å². The summed E-state index contributed by atoms with van der Waals surface area (Å²) in [5.41, 5.74) is 2.64. The summed E-state index contributed by atoms with van der Waals surface area (Å²) in [4.78, 5) is 0. The molecule has 3 aromatic rings. The molecule has 4 aliphatic heterocycles. The first-order valence-electron chi connectivity index (χ1n) is 22.2. The summed E-state index contributed by atoms with van der Waals surface area (Å²) in [7, 11) is 0. The molecule has 0 aromatic heterocycles. The molecule has 0 aliphatic carbocycles. The van der Waals surface area contributed by atoms with Crippen LogP contribution < -0.4 is 14.4 Å². The molecule has 4 aliphatic rings. The zero-order chi connectivity index (χ0) is 38.1. The number of aryl methyl sites for hydroxylation is 2. The van der Waals surface area contributed by atoms with Crippen LogP contribution in [0, 0.1) is 0 Å². The Hall–Kier alpha value is -1.04. The molecular weight excluding hydrogens is 768 g/mol. The average Bonchev–Trinajstić information content (AvgIpc) is 3.94. The summed E-state index contributed by atoms with van der Waals surface area (Å²) in [6.07, 6.45) is 29.6. The summed E-state index contributed by atoms with van der Waals surface area (Å²) >= 11 is 13.2. The van der Waals surface area contributed by atoms with Gasteiger partial charge in [0, 0.05) is 31.5 Å². The fourth-order valence-electron chi connectivity index (χ4n) is 8.51. The van der Waals surface area contributed by atoms with Crippen molar-refractivity contribution in [2.75, 3.05) is 0 Å². The first-order chi connectivity index (χ1) is 27.0. The zero-order valence-electron chi connectivity index (χ0n) is 33.9. The van der Waals surface area contributed by atoms with Crippen LogP contribution in [0.25, 0.3) is 0 Å². The second-order valence-electron chi connectivity index (χ2n) is 16.4. The van der Waals surface area contributed by atoms with Crippen molar-refractivity contribution in [1.82, 2.24) is 0 Å². The molecule has 0 radical (unpaired) electrons. The zero-order valence-corrected chi connectivity index (χ0v) is 38.1. The molecule has 7 rings (SSSR count). The molecule has 2 bridgehead atoms. The lowest BCUT2D eigenvalue weighted by Crippen LogP contribution is -2.47. The number of unbranched alkanes of at least 4 members (excludes halogenated alkanes) is 11. The van der Waals surface area contributed by atoms with Gasteiger partial charge in [-0.3, -0.25) is 0 Å². The van der Waals surface area contributed by atoms with Crippen LogP contribution in [0.2, 0.25) is 0 Å². The number of hydrogen-bond donors (Lipinski definition) is 0. The SMILES string of the molecule is CCCCCCC1SC1CCCCCCCc1cccc(OP(=S)(Oc2cccc(CCCCCCCC3SC(CCC)C4CC3S4)c2)c2ccccc2)c1. The summed E-state index contributed by atoms with van der Waals surface area (Å²) < 4.78 is 13.4. The molecule has 55 heavy (non-hydrogen) atoms. The summed E-state index contributed by atoms with van der Waals surface area (Å²) in [5.74, 6) is 1.62. The van der Waals surface area contributed by atoms with E-state index in [0.717, 1.165) is 61.1 Å². The lowest BCUT2D eigenvalue weighted by atomic mass is 10.0. The lowest BCUT2D eigenvalue weighted by Gasteiger charge is -2.50. The standard InChI is InChI=1S/C48H69O2PS4/c1-3-5-6-18-32-44-45(54-44)33-19-11-7-9-14-24-38-26-21-28-40(35-38)49-51(52,42-30-16-13-17-31-42)50-41-29-22-27-39(36-41)25-15-10-8-12-20-34-46-48-37-47(55-48)43(53-46)23-4-2/h13,16-17,21-22,26-31,35-36,43-48H,3-12,14-15,18-20,23-25,32-34,37H2,1-2H3. The molecule has 302 valence electrons. The molecule has 7 heteroatoms. The topological polar surface area (TPSA) is 18.5 Å². The fourth-order valence-corrected chi connectivity index (χ4v) is 16.0. The van der Waals surface area contributed by atoms with Gasteiger partial charge in [0.15, 0.2) is 0 Å². The number of benzene rings is 3. The van der Waals surface area contributed by atoms with E-state index >= 15 is 0 Å². The van der Waals surface area contributed by atoms with Crippen LogP contribution in [-0.2, 0) is 24.6 Å². The van der Waals surface area contributed by atoms with E-state index in [4.69, 9.17) is 20.9 Å². The van der Waals surface area contributed by atoms with Crippen LogP contribution >= 0.6 is 41.8 Å². The van der Waals surface area contributed by atoms with Crippen molar-refractivity contribution < 1.29 is 9.05 Å². The maximum Gasteiger partial charge on any atom is 0.319 e. The van der Waals surface area contributed by atoms with E-state index in [1.165, 1.54) is 140 Å². The van der Waals surface area contributed by atoms with Gasteiger partial charge in [0.05, 0.1) is 5.30 Å². The predicted octanol–water partition coefficient (Wildman–Crippen LogP) is 15.2. The molecule has 0 spiro atoms. The van der Waals surface area contributed by atoms with E-state index < -0.39 is 6.49 Å². The van der Waals surface area contributed by atoms with E-state index in [2.05, 4.69) is 97.7 Å². The summed E-state index contributed by atoms with van der Waals surface area (Å²) in [5, 5.41) is 6.65. The van der Waals surface area contributed by atoms with Gasteiger partial charge in [-0.15, -0.1) is 0 Å². The number of hydrogen-bond acceptors (Lipinski definition) is 6. The molecule has 4 heterocycles. The number of fused-ring (bicyclic) bond motifs is 2. The number of rotatable bonds is 28. The van der Waals surface area contributed by atoms with Crippen LogP contribution in [0.4, 0.5) is 0 Å². The smallest absolute Gasteiger partial charge is 0.319 e. The Labute approximate surface area is 353 Å². The maximum absolute atomic E-state index is 6.72. The van der Waals surface area contributed by atoms with Crippen LogP contribution in [0.5, 0.6) is 11.5 Å². The fraction of sp³-hybridized carbons (Fsp3) is 0.625. The summed E-state index contributed by atoms with van der Waals surface area (Å²) in [6, 6.07) is 27.4. The lowest BCUT2D eigenvalue weighted by molar-refractivity contribution is 0.497. The molecule has 2 nitrogen and oxygen atoms in total. The van der Waals surface area contributed by atoms with Crippen molar-refractivity contribution in [3.05, 3.63) is 90.0 Å². The van der Waals surface area contributed by atoms with Gasteiger partial charge in [0.25, 0.3) is 0 Å². The van der Waals surface area contributed by atoms with Gasteiger partial charge in [0.1, 0.15) is 11.5 Å². The van der Waals surface area contributed by atoms with Crippen LogP contribution in [0.3, 0.4) is 0 Å². The molecule has 7 unspecified atom stereocenters. The third-order valence-corrected chi connectivity index (χ3v) is 20.2. The highest BCUT2D eigenvalue weighted by Gasteiger charge is 2.46. The Kier molecular flexibility index (Phi) is 18.6. The highest BCUT2D eigenvalue weighted by Crippen LogP contribution is 2.55. The minimum atomic E-state index is -2.85. The van der Waals surface area contributed by atoms with Crippen molar-refractivity contribution in [2.24, 2.45) is 0 Å². The average molecular weight is 837 g/mol. The van der Waals surface area contributed by atoms with Crippen molar-refractivity contribution in [3.63, 3.8) is 0 Å². The van der Waals surface area contributed by atoms with Gasteiger partial charge in [0.2, 0.25) is 0 Å². The minimum Gasteiger partial charge on any atom is -0.432 e. The second kappa shape index (κ2) is 23.5. The van der Waals surface area contributed by atoms with E-state index in [-0.39, 0.29) is 0 Å². The first-order valence-corrected chi connectivity index (χ1v) is 27.7. The van der Waals surface area contributed by atoms with Gasteiger partial charge in [-0.1, -0.05) is 140 Å². The van der Waals surface area contributed by atoms with Crippen molar-refractivity contribution in [3.8, 4) is 11.5 Å². The van der Waals surface area contributed by atoms with Gasteiger partial charge in [-0.05, 0) is 117 Å². The van der Waals surface area contributed by atoms with Crippen molar-refractivity contribution in [2.45, 2.75) is 187 Å². The molecule has 0 N–H and O–H groups in total. The van der Waals surface area contributed by atoms with E-state index in [9.17, 15) is 0 Å². The molecule has 0 amide bonds. The molecule has 7 atom stereocenters. The molecule has 4 saturated heterocycles.